The molecule has 0 saturated heterocycles. The van der Waals surface area contributed by atoms with Gasteiger partial charge in [-0.25, -0.2) is 0 Å². The number of ether oxygens (including phenoxy) is 1. The fourth-order valence-corrected chi connectivity index (χ4v) is 10.6. The summed E-state index contributed by atoms with van der Waals surface area (Å²) in [7, 11) is 0. The van der Waals surface area contributed by atoms with Gasteiger partial charge in [0.05, 0.1) is 17.4 Å². The number of nitrogens with one attached hydrogen (secondary N) is 1. The first-order valence-electron chi connectivity index (χ1n) is 21.6. The van der Waals surface area contributed by atoms with E-state index in [4.69, 9.17) is 4.74 Å². The second kappa shape index (κ2) is 13.8. The normalized spacial score (nSPS) is 19.6. The summed E-state index contributed by atoms with van der Waals surface area (Å²) in [5.41, 5.74) is 13.4. The number of aromatic amines is 1. The second-order valence-electron chi connectivity index (χ2n) is 16.6. The van der Waals surface area contributed by atoms with E-state index in [2.05, 4.69) is 211 Å². The number of hydrogen-bond donors (Lipinski definition) is 1. The summed E-state index contributed by atoms with van der Waals surface area (Å²) < 4.78 is 6.62. The van der Waals surface area contributed by atoms with Gasteiger partial charge in [0.25, 0.3) is 0 Å². The van der Waals surface area contributed by atoms with Crippen LogP contribution in [0.15, 0.2) is 176 Å². The molecule has 0 radical (unpaired) electrons. The maximum Gasteiger partial charge on any atom is 0.144 e. The third kappa shape index (κ3) is 5.30. The molecule has 4 atom stereocenters. The fraction of sp³-hybridized carbons (Fsp3) is 0.143. The number of H-pyrrole nitrogens is 1. The Labute approximate surface area is 350 Å². The third-order valence-electron chi connectivity index (χ3n) is 13.4. The Morgan fingerprint density at radius 3 is 2.28 bits per heavy atom. The number of aryl methyl sites for hydroxylation is 1. The number of allylic oxidation sites excluding steroid dienone is 3. The van der Waals surface area contributed by atoms with Crippen molar-refractivity contribution in [1.82, 2.24) is 4.98 Å². The van der Waals surface area contributed by atoms with Gasteiger partial charge in [-0.15, -0.1) is 0 Å². The van der Waals surface area contributed by atoms with Crippen molar-refractivity contribution in [2.75, 3.05) is 9.80 Å². The van der Waals surface area contributed by atoms with Crippen molar-refractivity contribution in [3.8, 4) is 16.9 Å². The Balaban J connectivity index is 1.14. The molecule has 0 saturated carbocycles. The van der Waals surface area contributed by atoms with E-state index in [9.17, 15) is 0 Å². The van der Waals surface area contributed by atoms with E-state index in [0.717, 1.165) is 46.7 Å². The van der Waals surface area contributed by atoms with Crippen LogP contribution in [-0.2, 0) is 6.42 Å². The molecule has 290 valence electrons. The van der Waals surface area contributed by atoms with Crippen LogP contribution in [0.2, 0.25) is 0 Å². The van der Waals surface area contributed by atoms with E-state index < -0.39 is 0 Å². The molecule has 4 aliphatic rings. The predicted molar refractivity (Wildman–Crippen MR) is 251 cm³/mol. The number of rotatable bonds is 7. The zero-order valence-electron chi connectivity index (χ0n) is 33.8. The average Bonchev–Trinajstić information content (AvgIpc) is 3.68. The SMILES string of the molecule is CCc1cc2c3c4c(c(N5c6ccccc6OC6C=CC=CC65)ccc14)=CC(CC)C3C=CC=2N(c1ccc(-c2ccccc2)cc1)c1ccc2[nH]c3ccccc3c2c1. The molecule has 2 heterocycles. The molecule has 4 nitrogen and oxygen atoms in total. The summed E-state index contributed by atoms with van der Waals surface area (Å²) in [6.07, 6.45) is 18.2. The van der Waals surface area contributed by atoms with Crippen LogP contribution in [0.25, 0.3) is 55.5 Å². The van der Waals surface area contributed by atoms with Gasteiger partial charge < -0.3 is 19.5 Å². The van der Waals surface area contributed by atoms with Crippen LogP contribution in [0.3, 0.4) is 0 Å². The molecule has 0 amide bonds. The van der Waals surface area contributed by atoms with Crippen molar-refractivity contribution >= 4 is 67.1 Å². The molecule has 0 bridgehead atoms. The standard InChI is InChI=1S/C56H45N3O/c1-3-35-32-45-49(58(39-24-22-38(23-25-39)37-14-6-5-7-15-37)40-26-29-48-44(34-40)43-16-8-9-17-47(43)57-48)30-27-41-36(4-2)33-46-50(31-28-42(35)56(46)55(41)45)59-51-18-10-12-20-53(51)60-54-21-13-11-19-52(54)59/h5-34,36,41,51,53,57H,3-4H2,1-2H3. The lowest BCUT2D eigenvalue weighted by molar-refractivity contribution is 0.218. The minimum absolute atomic E-state index is 0.0470. The molecule has 60 heavy (non-hydrogen) atoms. The Morgan fingerprint density at radius 1 is 0.650 bits per heavy atom. The van der Waals surface area contributed by atoms with Crippen LogP contribution >= 0.6 is 0 Å². The Kier molecular flexibility index (Phi) is 8.03. The maximum atomic E-state index is 6.62. The Hall–Kier alpha value is -7.04. The van der Waals surface area contributed by atoms with Crippen LogP contribution in [0.1, 0.15) is 37.3 Å². The smallest absolute Gasteiger partial charge is 0.144 e. The van der Waals surface area contributed by atoms with Gasteiger partial charge >= 0.3 is 0 Å². The van der Waals surface area contributed by atoms with Gasteiger partial charge in [0.2, 0.25) is 0 Å². The summed E-state index contributed by atoms with van der Waals surface area (Å²) in [5, 5.41) is 7.88. The van der Waals surface area contributed by atoms with Gasteiger partial charge in [-0.3, -0.25) is 0 Å². The van der Waals surface area contributed by atoms with Gasteiger partial charge in [0, 0.05) is 55.2 Å². The zero-order valence-corrected chi connectivity index (χ0v) is 33.8. The highest BCUT2D eigenvalue weighted by molar-refractivity contribution is 6.09. The number of para-hydroxylation sites is 3. The van der Waals surface area contributed by atoms with Crippen LogP contribution in [0.4, 0.5) is 22.7 Å². The molecule has 4 unspecified atom stereocenters. The molecule has 12 rings (SSSR count). The van der Waals surface area contributed by atoms with Crippen molar-refractivity contribution in [3.05, 3.63) is 198 Å². The molecule has 3 aliphatic carbocycles. The summed E-state index contributed by atoms with van der Waals surface area (Å²) in [6, 6.07) is 51.3. The molecule has 1 aromatic heterocycles. The van der Waals surface area contributed by atoms with Gasteiger partial charge in [0.1, 0.15) is 11.9 Å². The van der Waals surface area contributed by atoms with Gasteiger partial charge in [-0.2, -0.15) is 0 Å². The summed E-state index contributed by atoms with van der Waals surface area (Å²) in [6.45, 7) is 4.66. The van der Waals surface area contributed by atoms with Crippen molar-refractivity contribution in [1.29, 1.82) is 0 Å². The van der Waals surface area contributed by atoms with E-state index >= 15 is 0 Å². The maximum absolute atomic E-state index is 6.62. The quantitative estimate of drug-likeness (QED) is 0.175. The molecule has 1 aliphatic heterocycles. The summed E-state index contributed by atoms with van der Waals surface area (Å²) >= 11 is 0. The minimum atomic E-state index is -0.0683. The summed E-state index contributed by atoms with van der Waals surface area (Å²) in [5.74, 6) is 1.54. The van der Waals surface area contributed by atoms with Crippen LogP contribution in [-0.4, -0.2) is 17.1 Å². The molecular weight excluding hydrogens is 731 g/mol. The van der Waals surface area contributed by atoms with Crippen molar-refractivity contribution in [3.63, 3.8) is 0 Å². The largest absolute Gasteiger partial charge is 0.482 e. The summed E-state index contributed by atoms with van der Waals surface area (Å²) in [4.78, 5) is 8.72. The van der Waals surface area contributed by atoms with Crippen molar-refractivity contribution in [2.45, 2.75) is 44.8 Å². The number of anilines is 4. The predicted octanol–water partition coefficient (Wildman–Crippen LogP) is 12.5. The molecule has 0 spiro atoms. The van der Waals surface area contributed by atoms with E-state index in [1.165, 1.54) is 65.6 Å². The van der Waals surface area contributed by atoms with Crippen LogP contribution in [0, 0.1) is 5.92 Å². The molecule has 4 heteroatoms. The van der Waals surface area contributed by atoms with Gasteiger partial charge in [0.15, 0.2) is 0 Å². The molecular formula is C56H45N3O. The number of fused-ring (bicyclic) bond motifs is 5. The highest BCUT2D eigenvalue weighted by atomic mass is 16.5. The van der Waals surface area contributed by atoms with Crippen molar-refractivity contribution < 1.29 is 4.74 Å². The Bertz CT molecular complexity index is 3240. The van der Waals surface area contributed by atoms with E-state index in [1.807, 2.05) is 0 Å². The Morgan fingerprint density at radius 2 is 1.42 bits per heavy atom. The van der Waals surface area contributed by atoms with Gasteiger partial charge in [-0.05, 0) is 125 Å². The first-order valence-corrected chi connectivity index (χ1v) is 21.6. The number of aromatic nitrogens is 1. The number of benzene rings is 7. The molecule has 1 N–H and O–H groups in total. The molecule has 0 fully saturated rings. The zero-order chi connectivity index (χ0) is 39.9. The van der Waals surface area contributed by atoms with E-state index in [-0.39, 0.29) is 18.1 Å². The molecule has 7 aromatic carbocycles. The second-order valence-corrected chi connectivity index (χ2v) is 16.6. The highest BCUT2D eigenvalue weighted by Gasteiger charge is 2.37. The third-order valence-corrected chi connectivity index (χ3v) is 13.4. The highest BCUT2D eigenvalue weighted by Crippen LogP contribution is 2.46. The molecule has 8 aromatic rings. The van der Waals surface area contributed by atoms with E-state index in [0.29, 0.717) is 5.92 Å². The first kappa shape index (κ1) is 35.0. The van der Waals surface area contributed by atoms with Crippen LogP contribution in [0.5, 0.6) is 5.75 Å². The van der Waals surface area contributed by atoms with Crippen LogP contribution < -0.4 is 25.0 Å². The van der Waals surface area contributed by atoms with Gasteiger partial charge in [-0.1, -0.05) is 123 Å². The lowest BCUT2D eigenvalue weighted by Crippen LogP contribution is -2.48. The number of hydrogen-bond acceptors (Lipinski definition) is 3. The topological polar surface area (TPSA) is 31.5 Å². The lowest BCUT2D eigenvalue weighted by Gasteiger charge is -2.43. The average molecular weight is 776 g/mol. The van der Waals surface area contributed by atoms with E-state index in [1.54, 1.807) is 0 Å². The monoisotopic (exact) mass is 775 g/mol. The van der Waals surface area contributed by atoms with Crippen molar-refractivity contribution in [2.24, 2.45) is 5.92 Å². The fourth-order valence-electron chi connectivity index (χ4n) is 10.6. The lowest BCUT2D eigenvalue weighted by atomic mass is 9.73. The minimum Gasteiger partial charge on any atom is -0.482 e. The first-order chi connectivity index (χ1) is 29.7. The number of nitrogens with zero attached hydrogens (tertiary/aromatic N) is 2.